The van der Waals surface area contributed by atoms with Gasteiger partial charge in [-0.3, -0.25) is 4.99 Å². The van der Waals surface area contributed by atoms with Crippen LogP contribution in [0.25, 0.3) is 0 Å². The van der Waals surface area contributed by atoms with Crippen LogP contribution in [-0.4, -0.2) is 36.8 Å². The van der Waals surface area contributed by atoms with Gasteiger partial charge in [0, 0.05) is 31.7 Å². The second-order valence-electron chi connectivity index (χ2n) is 6.40. The summed E-state index contributed by atoms with van der Waals surface area (Å²) in [6.07, 6.45) is 0. The molecule has 0 spiro atoms. The van der Waals surface area contributed by atoms with Crippen LogP contribution in [0.15, 0.2) is 15.6 Å². The number of nitrogens with zero attached hydrogens (tertiary/aromatic N) is 2. The van der Waals surface area contributed by atoms with Gasteiger partial charge >= 0.3 is 0 Å². The summed E-state index contributed by atoms with van der Waals surface area (Å²) in [5, 5.41) is 13.9. The minimum Gasteiger partial charge on any atom is -0.359 e. The molecule has 0 saturated heterocycles. The highest BCUT2D eigenvalue weighted by Crippen LogP contribution is 2.13. The lowest BCUT2D eigenvalue weighted by molar-refractivity contribution is 0.372. The summed E-state index contributed by atoms with van der Waals surface area (Å²) in [7, 11) is 1.76. The van der Waals surface area contributed by atoms with Crippen LogP contribution in [0.5, 0.6) is 0 Å². The number of aromatic nitrogens is 1. The molecule has 0 atom stereocenters. The van der Waals surface area contributed by atoms with E-state index in [1.165, 1.54) is 0 Å². The van der Waals surface area contributed by atoms with E-state index in [1.54, 1.807) is 7.05 Å². The minimum absolute atomic E-state index is 0.131. The molecular formula is C15H29N5O. The molecule has 0 radical (unpaired) electrons. The van der Waals surface area contributed by atoms with Crippen LogP contribution in [0.1, 0.15) is 52.0 Å². The van der Waals surface area contributed by atoms with E-state index in [9.17, 15) is 0 Å². The van der Waals surface area contributed by atoms with Crippen molar-refractivity contribution in [1.29, 1.82) is 0 Å². The topological polar surface area (TPSA) is 74.5 Å². The van der Waals surface area contributed by atoms with Crippen molar-refractivity contribution in [3.63, 3.8) is 0 Å². The highest BCUT2D eigenvalue weighted by atomic mass is 16.5. The Morgan fingerprint density at radius 3 is 2.52 bits per heavy atom. The second kappa shape index (κ2) is 8.02. The van der Waals surface area contributed by atoms with Gasteiger partial charge in [0.05, 0.1) is 12.2 Å². The quantitative estimate of drug-likeness (QED) is 0.424. The lowest BCUT2D eigenvalue weighted by atomic mass is 10.1. The Labute approximate surface area is 127 Å². The molecule has 1 rings (SSSR count). The Balaban J connectivity index is 2.31. The van der Waals surface area contributed by atoms with Gasteiger partial charge < -0.3 is 20.5 Å². The van der Waals surface area contributed by atoms with E-state index < -0.39 is 0 Å². The van der Waals surface area contributed by atoms with Gasteiger partial charge in [0.25, 0.3) is 0 Å². The van der Waals surface area contributed by atoms with E-state index in [1.807, 2.05) is 6.07 Å². The van der Waals surface area contributed by atoms with Crippen molar-refractivity contribution in [3.8, 4) is 0 Å². The van der Waals surface area contributed by atoms with E-state index in [4.69, 9.17) is 4.52 Å². The largest absolute Gasteiger partial charge is 0.359 e. The zero-order chi connectivity index (χ0) is 15.9. The first kappa shape index (κ1) is 17.5. The molecule has 0 aliphatic rings. The summed E-state index contributed by atoms with van der Waals surface area (Å²) in [6.45, 7) is 12.9. The highest BCUT2D eigenvalue weighted by molar-refractivity contribution is 5.79. The smallest absolute Gasteiger partial charge is 0.191 e. The van der Waals surface area contributed by atoms with Crippen LogP contribution in [0.2, 0.25) is 0 Å². The van der Waals surface area contributed by atoms with Crippen LogP contribution < -0.4 is 16.0 Å². The number of guanidine groups is 1. The third-order valence-corrected chi connectivity index (χ3v) is 2.90. The number of rotatable bonds is 6. The summed E-state index contributed by atoms with van der Waals surface area (Å²) in [6, 6.07) is 1.98. The molecule has 0 saturated carbocycles. The monoisotopic (exact) mass is 295 g/mol. The van der Waals surface area contributed by atoms with Crippen molar-refractivity contribution in [3.05, 3.63) is 17.5 Å². The summed E-state index contributed by atoms with van der Waals surface area (Å²) >= 11 is 0. The van der Waals surface area contributed by atoms with E-state index in [2.05, 4.69) is 60.7 Å². The fraction of sp³-hybridized carbons (Fsp3) is 0.733. The molecule has 120 valence electrons. The molecule has 0 aromatic carbocycles. The SMILES string of the molecule is CN=C(NCCNC(C)(C)C)NCc1cc(C(C)C)no1. The van der Waals surface area contributed by atoms with E-state index in [0.29, 0.717) is 12.5 Å². The lowest BCUT2D eigenvalue weighted by Crippen LogP contribution is -2.44. The minimum atomic E-state index is 0.131. The molecule has 0 aliphatic carbocycles. The molecule has 0 bridgehead atoms. The van der Waals surface area contributed by atoms with E-state index >= 15 is 0 Å². The average molecular weight is 295 g/mol. The fourth-order valence-corrected chi connectivity index (χ4v) is 1.69. The fourth-order valence-electron chi connectivity index (χ4n) is 1.69. The van der Waals surface area contributed by atoms with Gasteiger partial charge in [-0.1, -0.05) is 19.0 Å². The van der Waals surface area contributed by atoms with Crippen molar-refractivity contribution in [2.45, 2.75) is 52.6 Å². The molecule has 21 heavy (non-hydrogen) atoms. The molecule has 1 aromatic heterocycles. The molecule has 1 aromatic rings. The van der Waals surface area contributed by atoms with Crippen molar-refractivity contribution in [2.75, 3.05) is 20.1 Å². The maximum Gasteiger partial charge on any atom is 0.191 e. The third kappa shape index (κ3) is 7.13. The summed E-state index contributed by atoms with van der Waals surface area (Å²) in [5.41, 5.74) is 1.11. The number of hydrogen-bond acceptors (Lipinski definition) is 4. The summed E-state index contributed by atoms with van der Waals surface area (Å²) in [5.74, 6) is 1.95. The Kier molecular flexibility index (Phi) is 6.68. The predicted octanol–water partition coefficient (Wildman–Crippen LogP) is 1.85. The molecule has 0 aliphatic heterocycles. The van der Waals surface area contributed by atoms with Crippen molar-refractivity contribution in [2.24, 2.45) is 4.99 Å². The molecule has 3 N–H and O–H groups in total. The maximum atomic E-state index is 5.28. The normalized spacial score (nSPS) is 12.8. The Bertz CT molecular complexity index is 445. The van der Waals surface area contributed by atoms with Crippen molar-refractivity contribution >= 4 is 5.96 Å². The molecular weight excluding hydrogens is 266 g/mol. The van der Waals surface area contributed by atoms with Gasteiger partial charge in [-0.25, -0.2) is 0 Å². The molecule has 1 heterocycles. The van der Waals surface area contributed by atoms with E-state index in [0.717, 1.165) is 30.5 Å². The Hall–Kier alpha value is -1.56. The van der Waals surface area contributed by atoms with Crippen molar-refractivity contribution < 1.29 is 4.52 Å². The summed E-state index contributed by atoms with van der Waals surface area (Å²) in [4.78, 5) is 4.18. The molecule has 0 amide bonds. The standard InChI is InChI=1S/C15H29N5O/c1-11(2)13-9-12(21-20-13)10-18-14(16-6)17-7-8-19-15(3,4)5/h9,11,19H,7-8,10H2,1-6H3,(H2,16,17,18). The maximum absolute atomic E-state index is 5.28. The molecule has 0 unspecified atom stereocenters. The number of aliphatic imine (C=N–C) groups is 1. The van der Waals surface area contributed by atoms with Gasteiger partial charge in [0.1, 0.15) is 0 Å². The predicted molar refractivity (Wildman–Crippen MR) is 86.5 cm³/mol. The van der Waals surface area contributed by atoms with Crippen LogP contribution in [0.4, 0.5) is 0 Å². The first-order valence-corrected chi connectivity index (χ1v) is 7.47. The number of hydrogen-bond donors (Lipinski definition) is 3. The molecule has 6 heteroatoms. The Morgan fingerprint density at radius 1 is 1.29 bits per heavy atom. The van der Waals surface area contributed by atoms with E-state index in [-0.39, 0.29) is 5.54 Å². The van der Waals surface area contributed by atoms with Gasteiger partial charge in [0.15, 0.2) is 11.7 Å². The zero-order valence-corrected chi connectivity index (χ0v) is 14.1. The lowest BCUT2D eigenvalue weighted by Gasteiger charge is -2.21. The van der Waals surface area contributed by atoms with Gasteiger partial charge in [-0.2, -0.15) is 0 Å². The van der Waals surface area contributed by atoms with Crippen LogP contribution in [0, 0.1) is 0 Å². The average Bonchev–Trinajstić information content (AvgIpc) is 2.85. The van der Waals surface area contributed by atoms with Crippen LogP contribution in [0.3, 0.4) is 0 Å². The molecule has 6 nitrogen and oxygen atoms in total. The van der Waals surface area contributed by atoms with Crippen molar-refractivity contribution in [1.82, 2.24) is 21.1 Å². The number of nitrogens with one attached hydrogen (secondary N) is 3. The molecule has 0 fully saturated rings. The highest BCUT2D eigenvalue weighted by Gasteiger charge is 2.09. The first-order chi connectivity index (χ1) is 9.81. The van der Waals surface area contributed by atoms with Gasteiger partial charge in [-0.15, -0.1) is 0 Å². The van der Waals surface area contributed by atoms with Crippen LogP contribution in [-0.2, 0) is 6.54 Å². The van der Waals surface area contributed by atoms with Gasteiger partial charge in [-0.05, 0) is 26.7 Å². The first-order valence-electron chi connectivity index (χ1n) is 7.47. The third-order valence-electron chi connectivity index (χ3n) is 2.90. The summed E-state index contributed by atoms with van der Waals surface area (Å²) < 4.78 is 5.28. The zero-order valence-electron chi connectivity index (χ0n) is 14.1. The van der Waals surface area contributed by atoms with Gasteiger partial charge in [0.2, 0.25) is 0 Å². The van der Waals surface area contributed by atoms with Crippen LogP contribution >= 0.6 is 0 Å². The Morgan fingerprint density at radius 2 is 2.00 bits per heavy atom. The second-order valence-corrected chi connectivity index (χ2v) is 6.40.